The molecular weight excluding hydrogens is 365 g/mol. The second-order valence-corrected chi connectivity index (χ2v) is 7.34. The van der Waals surface area contributed by atoms with E-state index in [1.807, 2.05) is 48.5 Å². The highest BCUT2D eigenvalue weighted by molar-refractivity contribution is 6.06. The van der Waals surface area contributed by atoms with E-state index in [0.717, 1.165) is 40.8 Å². The molecule has 1 heterocycles. The number of hydrogen-bond acceptors (Lipinski definition) is 2. The Bertz CT molecular complexity index is 1280. The summed E-state index contributed by atoms with van der Waals surface area (Å²) in [5.41, 5.74) is 5.94. The van der Waals surface area contributed by atoms with Gasteiger partial charge in [-0.25, -0.2) is 14.2 Å². The molecule has 1 aliphatic carbocycles. The van der Waals surface area contributed by atoms with Crippen molar-refractivity contribution in [3.63, 3.8) is 0 Å². The summed E-state index contributed by atoms with van der Waals surface area (Å²) in [7, 11) is 0. The zero-order valence-electron chi connectivity index (χ0n) is 15.7. The molecule has 4 heteroatoms. The summed E-state index contributed by atoms with van der Waals surface area (Å²) in [5, 5.41) is 10.6. The normalized spacial score (nSPS) is 12.9. The number of carboxylic acids is 1. The summed E-state index contributed by atoms with van der Waals surface area (Å²) in [6.45, 7) is 0. The van der Waals surface area contributed by atoms with E-state index in [1.54, 1.807) is 12.1 Å². The lowest BCUT2D eigenvalue weighted by Gasteiger charge is -2.15. The second kappa shape index (κ2) is 6.82. The van der Waals surface area contributed by atoms with E-state index in [2.05, 4.69) is 0 Å². The number of carboxylic acid groups (broad SMARTS) is 1. The SMILES string of the molecule is O=C(O)c1c2c(nc3ccccc13)-c1ccc(-c3ccccc3F)cc1CCC2. The molecule has 0 fully saturated rings. The average Bonchev–Trinajstić information content (AvgIpc) is 2.90. The second-order valence-electron chi connectivity index (χ2n) is 7.34. The maximum Gasteiger partial charge on any atom is 0.336 e. The van der Waals surface area contributed by atoms with Crippen molar-refractivity contribution in [3.8, 4) is 22.4 Å². The molecule has 3 aromatic carbocycles. The number of carbonyl (C=O) groups is 1. The number of halogens is 1. The minimum atomic E-state index is -0.925. The van der Waals surface area contributed by atoms with Crippen LogP contribution in [0.4, 0.5) is 4.39 Å². The molecule has 0 aliphatic heterocycles. The van der Waals surface area contributed by atoms with E-state index in [1.165, 1.54) is 6.07 Å². The monoisotopic (exact) mass is 383 g/mol. The van der Waals surface area contributed by atoms with Crippen molar-refractivity contribution >= 4 is 16.9 Å². The van der Waals surface area contributed by atoms with E-state index < -0.39 is 5.97 Å². The molecule has 4 aromatic rings. The van der Waals surface area contributed by atoms with Crippen molar-refractivity contribution in [3.05, 3.63) is 89.2 Å². The zero-order chi connectivity index (χ0) is 20.0. The Kier molecular flexibility index (Phi) is 4.13. The highest BCUT2D eigenvalue weighted by atomic mass is 19.1. The first-order valence-electron chi connectivity index (χ1n) is 9.66. The van der Waals surface area contributed by atoms with Gasteiger partial charge in [0.1, 0.15) is 5.82 Å². The highest BCUT2D eigenvalue weighted by Crippen LogP contribution is 2.38. The zero-order valence-corrected chi connectivity index (χ0v) is 15.7. The third-order valence-electron chi connectivity index (χ3n) is 5.63. The predicted octanol–water partition coefficient (Wildman–Crippen LogP) is 5.89. The van der Waals surface area contributed by atoms with Gasteiger partial charge in [0.25, 0.3) is 0 Å². The van der Waals surface area contributed by atoms with Gasteiger partial charge in [0.2, 0.25) is 0 Å². The number of fused-ring (bicyclic) bond motifs is 4. The van der Waals surface area contributed by atoms with Gasteiger partial charge in [-0.2, -0.15) is 0 Å². The number of nitrogens with zero attached hydrogens (tertiary/aromatic N) is 1. The maximum atomic E-state index is 14.3. The lowest BCUT2D eigenvalue weighted by Crippen LogP contribution is -2.07. The fourth-order valence-corrected chi connectivity index (χ4v) is 4.31. The van der Waals surface area contributed by atoms with Crippen LogP contribution in [0.15, 0.2) is 66.7 Å². The minimum Gasteiger partial charge on any atom is -0.478 e. The van der Waals surface area contributed by atoms with Crippen LogP contribution in [0, 0.1) is 5.82 Å². The summed E-state index contributed by atoms with van der Waals surface area (Å²) in [4.78, 5) is 17.0. The molecule has 29 heavy (non-hydrogen) atoms. The topological polar surface area (TPSA) is 50.2 Å². The van der Waals surface area contributed by atoms with Gasteiger partial charge in [0, 0.05) is 16.5 Å². The van der Waals surface area contributed by atoms with Crippen LogP contribution < -0.4 is 0 Å². The molecule has 1 aromatic heterocycles. The van der Waals surface area contributed by atoms with Crippen LogP contribution in [-0.2, 0) is 12.8 Å². The van der Waals surface area contributed by atoms with Crippen LogP contribution >= 0.6 is 0 Å². The Balaban J connectivity index is 1.76. The lowest BCUT2D eigenvalue weighted by atomic mass is 9.93. The Morgan fingerprint density at radius 2 is 1.72 bits per heavy atom. The first-order valence-corrected chi connectivity index (χ1v) is 9.66. The third kappa shape index (κ3) is 2.88. The van der Waals surface area contributed by atoms with Gasteiger partial charge < -0.3 is 5.11 Å². The smallest absolute Gasteiger partial charge is 0.336 e. The largest absolute Gasteiger partial charge is 0.478 e. The van der Waals surface area contributed by atoms with Crippen LogP contribution in [0.1, 0.15) is 27.9 Å². The van der Waals surface area contributed by atoms with Crippen molar-refractivity contribution in [1.29, 1.82) is 0 Å². The van der Waals surface area contributed by atoms with Gasteiger partial charge in [-0.1, -0.05) is 54.6 Å². The molecule has 0 saturated heterocycles. The number of pyridine rings is 1. The summed E-state index contributed by atoms with van der Waals surface area (Å²) >= 11 is 0. The highest BCUT2D eigenvalue weighted by Gasteiger charge is 2.24. The van der Waals surface area contributed by atoms with E-state index >= 15 is 0 Å². The average molecular weight is 383 g/mol. The Morgan fingerprint density at radius 3 is 2.55 bits per heavy atom. The number of aromatic nitrogens is 1. The van der Waals surface area contributed by atoms with Crippen molar-refractivity contribution in [2.75, 3.05) is 0 Å². The molecule has 5 rings (SSSR count). The van der Waals surface area contributed by atoms with Gasteiger partial charge in [-0.05, 0) is 48.1 Å². The summed E-state index contributed by atoms with van der Waals surface area (Å²) in [6.07, 6.45) is 2.27. The van der Waals surface area contributed by atoms with Crippen molar-refractivity contribution < 1.29 is 14.3 Å². The number of aryl methyl sites for hydroxylation is 1. The molecule has 0 spiro atoms. The molecular formula is C25H18FNO2. The van der Waals surface area contributed by atoms with Gasteiger partial charge in [0.15, 0.2) is 0 Å². The van der Waals surface area contributed by atoms with E-state index in [9.17, 15) is 14.3 Å². The molecule has 0 radical (unpaired) electrons. The Morgan fingerprint density at radius 1 is 0.931 bits per heavy atom. The third-order valence-corrected chi connectivity index (χ3v) is 5.63. The molecule has 0 unspecified atom stereocenters. The first-order chi connectivity index (χ1) is 14.1. The molecule has 0 atom stereocenters. The summed E-state index contributed by atoms with van der Waals surface area (Å²) in [6, 6.07) is 20.0. The predicted molar refractivity (Wildman–Crippen MR) is 112 cm³/mol. The van der Waals surface area contributed by atoms with Crippen LogP contribution in [0.3, 0.4) is 0 Å². The molecule has 0 saturated carbocycles. The quantitative estimate of drug-likeness (QED) is 0.469. The van der Waals surface area contributed by atoms with Crippen molar-refractivity contribution in [2.45, 2.75) is 19.3 Å². The molecule has 3 nitrogen and oxygen atoms in total. The van der Waals surface area contributed by atoms with Crippen molar-refractivity contribution in [1.82, 2.24) is 4.98 Å². The Hall–Kier alpha value is -3.53. The number of aromatic carboxylic acids is 1. The molecule has 0 bridgehead atoms. The van der Waals surface area contributed by atoms with Gasteiger partial charge in [-0.3, -0.25) is 0 Å². The number of rotatable bonds is 2. The minimum absolute atomic E-state index is 0.251. The van der Waals surface area contributed by atoms with E-state index in [4.69, 9.17) is 4.98 Å². The first kappa shape index (κ1) is 17.6. The van der Waals surface area contributed by atoms with Gasteiger partial charge >= 0.3 is 5.97 Å². The number of hydrogen-bond donors (Lipinski definition) is 1. The fraction of sp³-hybridized carbons (Fsp3) is 0.120. The molecule has 142 valence electrons. The van der Waals surface area contributed by atoms with Gasteiger partial charge in [0.05, 0.1) is 16.8 Å². The Labute approximate surface area is 167 Å². The van der Waals surface area contributed by atoms with Crippen LogP contribution in [0.5, 0.6) is 0 Å². The summed E-state index contributed by atoms with van der Waals surface area (Å²) < 4.78 is 14.3. The molecule has 1 N–H and O–H groups in total. The lowest BCUT2D eigenvalue weighted by molar-refractivity contribution is 0.0698. The standard InChI is InChI=1S/C25H18FNO2/c26-21-10-3-1-7-17(21)16-12-13-18-15(14-16)6-5-9-20-23(25(28)29)19-8-2-4-11-22(19)27-24(18)20/h1-4,7-8,10-14H,5-6,9H2,(H,28,29). The summed E-state index contributed by atoms with van der Waals surface area (Å²) in [5.74, 6) is -1.18. The van der Waals surface area contributed by atoms with Crippen LogP contribution in [-0.4, -0.2) is 16.1 Å². The maximum absolute atomic E-state index is 14.3. The fourth-order valence-electron chi connectivity index (χ4n) is 4.31. The number of benzene rings is 3. The van der Waals surface area contributed by atoms with Crippen molar-refractivity contribution in [2.24, 2.45) is 0 Å². The molecule has 0 amide bonds. The van der Waals surface area contributed by atoms with Gasteiger partial charge in [-0.15, -0.1) is 0 Å². The van der Waals surface area contributed by atoms with Crippen LogP contribution in [0.25, 0.3) is 33.3 Å². The van der Waals surface area contributed by atoms with E-state index in [-0.39, 0.29) is 5.82 Å². The van der Waals surface area contributed by atoms with Crippen LogP contribution in [0.2, 0.25) is 0 Å². The number of para-hydroxylation sites is 1. The molecule has 1 aliphatic rings. The van der Waals surface area contributed by atoms with E-state index in [0.29, 0.717) is 28.5 Å².